The van der Waals surface area contributed by atoms with Crippen molar-refractivity contribution in [3.63, 3.8) is 0 Å². The first kappa shape index (κ1) is 23.6. The second kappa shape index (κ2) is 10.2. The van der Waals surface area contributed by atoms with Crippen LogP contribution in [0.4, 0.5) is 5.69 Å². The van der Waals surface area contributed by atoms with E-state index in [-0.39, 0.29) is 28.3 Å². The molecule has 2 aromatic heterocycles. The van der Waals surface area contributed by atoms with E-state index in [0.717, 1.165) is 42.8 Å². The lowest BCUT2D eigenvalue weighted by molar-refractivity contribution is -0.119. The van der Waals surface area contributed by atoms with Gasteiger partial charge in [-0.15, -0.1) is 11.3 Å². The number of rotatable bonds is 6. The molecule has 0 aliphatic carbocycles. The average Bonchev–Trinajstić information content (AvgIpc) is 2.98. The molecule has 3 heterocycles. The van der Waals surface area contributed by atoms with Gasteiger partial charge < -0.3 is 14.8 Å². The van der Waals surface area contributed by atoms with E-state index in [1.165, 1.54) is 6.07 Å². The number of carbonyl (C=O) groups is 3. The number of benzene rings is 1. The Bertz CT molecular complexity index is 1330. The molecule has 0 fully saturated rings. The highest BCUT2D eigenvalue weighted by molar-refractivity contribution is 7.20. The van der Waals surface area contributed by atoms with Gasteiger partial charge >= 0.3 is 11.9 Å². The average molecular weight is 484 g/mol. The summed E-state index contributed by atoms with van der Waals surface area (Å²) in [5.41, 5.74) is 0.840. The molecule has 0 radical (unpaired) electrons. The Labute approximate surface area is 199 Å². The quantitative estimate of drug-likeness (QED) is 0.534. The summed E-state index contributed by atoms with van der Waals surface area (Å²) in [6.45, 7) is 3.66. The van der Waals surface area contributed by atoms with Crippen LogP contribution in [0.5, 0.6) is 0 Å². The minimum absolute atomic E-state index is 0.136. The number of amides is 1. The molecule has 0 saturated heterocycles. The highest BCUT2D eigenvalue weighted by Gasteiger charge is 2.24. The number of aromatic nitrogens is 2. The first-order chi connectivity index (χ1) is 16.4. The minimum Gasteiger partial charge on any atom is -0.462 e. The van der Waals surface area contributed by atoms with Crippen LogP contribution < -0.4 is 10.9 Å². The van der Waals surface area contributed by atoms with Crippen LogP contribution in [0, 0.1) is 6.92 Å². The maximum Gasteiger partial charge on any atom is 0.349 e. The second-order valence-electron chi connectivity index (χ2n) is 7.92. The molecule has 0 saturated carbocycles. The van der Waals surface area contributed by atoms with Crippen molar-refractivity contribution in [3.8, 4) is 0 Å². The van der Waals surface area contributed by atoms with Crippen LogP contribution in [0.1, 0.15) is 57.6 Å². The van der Waals surface area contributed by atoms with Crippen LogP contribution in [0.3, 0.4) is 0 Å². The molecular weight excluding hydrogens is 458 g/mol. The highest BCUT2D eigenvalue weighted by atomic mass is 32.1. The summed E-state index contributed by atoms with van der Waals surface area (Å²) >= 11 is 1.10. The van der Waals surface area contributed by atoms with Gasteiger partial charge in [-0.3, -0.25) is 14.2 Å². The van der Waals surface area contributed by atoms with Crippen LogP contribution in [0.25, 0.3) is 10.2 Å². The number of para-hydroxylation sites is 1. The van der Waals surface area contributed by atoms with E-state index in [2.05, 4.69) is 10.3 Å². The molecule has 0 unspecified atom stereocenters. The van der Waals surface area contributed by atoms with Crippen LogP contribution in [-0.4, -0.2) is 40.6 Å². The standard InChI is InChI=1S/C24H25N3O6S/c1-3-32-23(30)15-9-6-7-10-16(15)25-18(28)13-33-24(31)20-14(2)19-21(34-20)26-17-11-5-4-8-12-27(17)22(19)29/h6-7,9-10H,3-5,8,11-13H2,1-2H3,(H,25,28). The molecule has 0 spiro atoms. The fraction of sp³-hybridized carbons (Fsp3) is 0.375. The van der Waals surface area contributed by atoms with Gasteiger partial charge in [-0.2, -0.15) is 0 Å². The number of esters is 2. The van der Waals surface area contributed by atoms with Gasteiger partial charge in [0.05, 0.1) is 23.2 Å². The van der Waals surface area contributed by atoms with Gasteiger partial charge in [0.25, 0.3) is 11.5 Å². The van der Waals surface area contributed by atoms with Crippen molar-refractivity contribution in [2.24, 2.45) is 0 Å². The maximum atomic E-state index is 13.1. The lowest BCUT2D eigenvalue weighted by Crippen LogP contribution is -2.24. The lowest BCUT2D eigenvalue weighted by atomic mass is 10.2. The topological polar surface area (TPSA) is 117 Å². The number of ether oxygens (including phenoxy) is 2. The molecular formula is C24H25N3O6S. The number of nitrogens with one attached hydrogen (secondary N) is 1. The number of carbonyl (C=O) groups excluding carboxylic acids is 3. The number of fused-ring (bicyclic) bond motifs is 2. The molecule has 178 valence electrons. The van der Waals surface area contributed by atoms with E-state index < -0.39 is 24.5 Å². The predicted molar refractivity (Wildman–Crippen MR) is 127 cm³/mol. The van der Waals surface area contributed by atoms with Crippen molar-refractivity contribution in [2.75, 3.05) is 18.5 Å². The maximum absolute atomic E-state index is 13.1. The van der Waals surface area contributed by atoms with Gasteiger partial charge in [-0.1, -0.05) is 18.6 Å². The number of hydrogen-bond donors (Lipinski definition) is 1. The molecule has 0 atom stereocenters. The Hall–Kier alpha value is -3.53. The lowest BCUT2D eigenvalue weighted by Gasteiger charge is -2.10. The second-order valence-corrected chi connectivity index (χ2v) is 8.92. The number of nitrogens with zero attached hydrogens (tertiary/aromatic N) is 2. The van der Waals surface area contributed by atoms with E-state index in [1.54, 1.807) is 36.6 Å². The monoisotopic (exact) mass is 483 g/mol. The zero-order valence-corrected chi connectivity index (χ0v) is 19.8. The van der Waals surface area contributed by atoms with E-state index >= 15 is 0 Å². The summed E-state index contributed by atoms with van der Waals surface area (Å²) in [5.74, 6) is -1.12. The molecule has 1 aliphatic rings. The van der Waals surface area contributed by atoms with E-state index in [4.69, 9.17) is 9.47 Å². The number of aryl methyl sites for hydroxylation is 2. The molecule has 1 aliphatic heterocycles. The molecule has 3 aromatic rings. The van der Waals surface area contributed by atoms with Crippen molar-refractivity contribution in [2.45, 2.75) is 46.1 Å². The normalized spacial score (nSPS) is 13.1. The zero-order chi connectivity index (χ0) is 24.2. The van der Waals surface area contributed by atoms with Gasteiger partial charge in [0.15, 0.2) is 6.61 Å². The summed E-state index contributed by atoms with van der Waals surface area (Å²) < 4.78 is 11.9. The van der Waals surface area contributed by atoms with E-state index in [0.29, 0.717) is 22.3 Å². The molecule has 1 N–H and O–H groups in total. The number of anilines is 1. The van der Waals surface area contributed by atoms with Crippen molar-refractivity contribution >= 4 is 45.1 Å². The Morgan fingerprint density at radius 2 is 1.91 bits per heavy atom. The Morgan fingerprint density at radius 1 is 1.12 bits per heavy atom. The van der Waals surface area contributed by atoms with Crippen LogP contribution in [0.15, 0.2) is 29.1 Å². The van der Waals surface area contributed by atoms with Gasteiger partial charge in [-0.05, 0) is 44.4 Å². The molecule has 1 aromatic carbocycles. The van der Waals surface area contributed by atoms with Crippen molar-refractivity contribution in [1.29, 1.82) is 0 Å². The minimum atomic E-state index is -0.700. The Morgan fingerprint density at radius 3 is 2.71 bits per heavy atom. The molecule has 9 nitrogen and oxygen atoms in total. The van der Waals surface area contributed by atoms with E-state index in [1.807, 2.05) is 0 Å². The first-order valence-electron chi connectivity index (χ1n) is 11.2. The summed E-state index contributed by atoms with van der Waals surface area (Å²) in [7, 11) is 0. The highest BCUT2D eigenvalue weighted by Crippen LogP contribution is 2.29. The van der Waals surface area contributed by atoms with Gasteiger partial charge in [0.1, 0.15) is 15.5 Å². The Kier molecular flexibility index (Phi) is 7.06. The zero-order valence-electron chi connectivity index (χ0n) is 19.0. The molecule has 4 rings (SSSR count). The largest absolute Gasteiger partial charge is 0.462 e. The molecule has 1 amide bonds. The summed E-state index contributed by atoms with van der Waals surface area (Å²) in [5, 5.41) is 3.00. The van der Waals surface area contributed by atoms with Crippen molar-refractivity contribution < 1.29 is 23.9 Å². The van der Waals surface area contributed by atoms with Gasteiger partial charge in [-0.25, -0.2) is 14.6 Å². The molecule has 34 heavy (non-hydrogen) atoms. The SMILES string of the molecule is CCOC(=O)c1ccccc1NC(=O)COC(=O)c1sc2nc3n(c(=O)c2c1C)CCCCC3. The summed E-state index contributed by atoms with van der Waals surface area (Å²) in [6, 6.07) is 6.42. The summed E-state index contributed by atoms with van der Waals surface area (Å²) in [6.07, 6.45) is 3.69. The van der Waals surface area contributed by atoms with E-state index in [9.17, 15) is 19.2 Å². The first-order valence-corrected chi connectivity index (χ1v) is 12.0. The molecule has 0 bridgehead atoms. The number of thiophene rings is 1. The van der Waals surface area contributed by atoms with Gasteiger partial charge in [0.2, 0.25) is 0 Å². The fourth-order valence-electron chi connectivity index (χ4n) is 3.97. The number of hydrogen-bond acceptors (Lipinski definition) is 8. The van der Waals surface area contributed by atoms with Gasteiger partial charge in [0, 0.05) is 13.0 Å². The third kappa shape index (κ3) is 4.72. The van der Waals surface area contributed by atoms with Crippen molar-refractivity contribution in [1.82, 2.24) is 9.55 Å². The Balaban J connectivity index is 1.49. The van der Waals surface area contributed by atoms with Crippen LogP contribution >= 0.6 is 11.3 Å². The fourth-order valence-corrected chi connectivity index (χ4v) is 5.05. The smallest absolute Gasteiger partial charge is 0.349 e. The van der Waals surface area contributed by atoms with Crippen LogP contribution in [-0.2, 0) is 27.2 Å². The predicted octanol–water partition coefficient (Wildman–Crippen LogP) is 3.47. The summed E-state index contributed by atoms with van der Waals surface area (Å²) in [4.78, 5) is 55.7. The molecule has 10 heteroatoms. The van der Waals surface area contributed by atoms with Crippen LogP contribution in [0.2, 0.25) is 0 Å². The third-order valence-electron chi connectivity index (χ3n) is 5.63. The third-order valence-corrected chi connectivity index (χ3v) is 6.79. The van der Waals surface area contributed by atoms with Crippen molar-refractivity contribution in [3.05, 3.63) is 56.4 Å².